The number of para-hydroxylation sites is 1. The van der Waals surface area contributed by atoms with E-state index in [-0.39, 0.29) is 23.0 Å². The van der Waals surface area contributed by atoms with E-state index in [4.69, 9.17) is 11.6 Å². The number of hydrogen-bond donors (Lipinski definition) is 0. The molecule has 0 bridgehead atoms. The maximum Gasteiger partial charge on any atom is 0.240 e. The average Bonchev–Trinajstić information content (AvgIpc) is 3.39. The van der Waals surface area contributed by atoms with Gasteiger partial charge in [0.1, 0.15) is 11.9 Å². The minimum absolute atomic E-state index is 0.127. The Kier molecular flexibility index (Phi) is 8.47. The van der Waals surface area contributed by atoms with Gasteiger partial charge in [-0.3, -0.25) is 14.6 Å². The number of likely N-dealkylation sites (N-methyl/N-ethyl adjacent to an activating group) is 1. The number of likely N-dealkylation sites (tertiary alicyclic amines) is 1. The van der Waals surface area contributed by atoms with Gasteiger partial charge in [-0.15, -0.1) is 0 Å². The topological polar surface area (TPSA) is 53.8 Å². The maximum absolute atomic E-state index is 13.9. The third-order valence-electron chi connectivity index (χ3n) is 7.89. The number of benzene rings is 3. The molecule has 5 rings (SSSR count). The van der Waals surface area contributed by atoms with Gasteiger partial charge in [0, 0.05) is 51.9 Å². The number of amides is 1. The molecule has 0 spiro atoms. The van der Waals surface area contributed by atoms with E-state index in [0.717, 1.165) is 24.2 Å². The molecule has 2 atom stereocenters. The van der Waals surface area contributed by atoms with Gasteiger partial charge in [0.2, 0.25) is 5.91 Å². The largest absolute Gasteiger partial charge is 0.367 e. The molecule has 2 saturated heterocycles. The number of piperazine rings is 1. The van der Waals surface area contributed by atoms with Crippen molar-refractivity contribution in [2.45, 2.75) is 31.6 Å². The van der Waals surface area contributed by atoms with E-state index < -0.39 is 5.82 Å². The summed E-state index contributed by atoms with van der Waals surface area (Å²) in [6, 6.07) is 25.0. The fourth-order valence-corrected chi connectivity index (χ4v) is 5.93. The number of carbonyl (C=O) groups is 1. The highest BCUT2D eigenvalue weighted by Gasteiger charge is 2.40. The molecule has 2 aliphatic heterocycles. The van der Waals surface area contributed by atoms with E-state index in [1.54, 1.807) is 12.1 Å². The zero-order valence-electron chi connectivity index (χ0n) is 22.1. The van der Waals surface area contributed by atoms with Crippen LogP contribution in [0.2, 0.25) is 5.02 Å². The lowest BCUT2D eigenvalue weighted by atomic mass is 10.1. The normalized spacial score (nSPS) is 19.9. The quantitative estimate of drug-likeness (QED) is 0.428. The van der Waals surface area contributed by atoms with E-state index in [2.05, 4.69) is 39.9 Å². The Hall–Kier alpha value is -3.44. The Morgan fingerprint density at radius 1 is 1.03 bits per heavy atom. The van der Waals surface area contributed by atoms with Gasteiger partial charge in [0.25, 0.3) is 0 Å². The third-order valence-corrected chi connectivity index (χ3v) is 8.18. The van der Waals surface area contributed by atoms with Crippen molar-refractivity contribution < 1.29 is 9.18 Å². The molecule has 2 aliphatic rings. The van der Waals surface area contributed by atoms with Gasteiger partial charge in [-0.05, 0) is 48.9 Å². The van der Waals surface area contributed by atoms with Crippen molar-refractivity contribution in [3.63, 3.8) is 0 Å². The Labute approximate surface area is 234 Å². The summed E-state index contributed by atoms with van der Waals surface area (Å²) in [5.41, 5.74) is 3.72. The predicted octanol–water partition coefficient (Wildman–Crippen LogP) is 4.77. The summed E-state index contributed by atoms with van der Waals surface area (Å²) in [5, 5.41) is 9.63. The molecule has 3 aromatic rings. The first-order valence-electron chi connectivity index (χ1n) is 13.4. The van der Waals surface area contributed by atoms with Crippen molar-refractivity contribution in [3.8, 4) is 6.07 Å². The minimum atomic E-state index is -0.417. The second kappa shape index (κ2) is 12.2. The van der Waals surface area contributed by atoms with E-state index in [0.29, 0.717) is 44.8 Å². The molecule has 39 heavy (non-hydrogen) atoms. The van der Waals surface area contributed by atoms with Gasteiger partial charge in [-0.25, -0.2) is 4.39 Å². The molecule has 0 N–H and O–H groups in total. The monoisotopic (exact) mass is 545 g/mol. The highest BCUT2D eigenvalue weighted by Crippen LogP contribution is 2.28. The SMILES string of the molecule is CN(Cc1ccc(F)c(Cl)c1)[C@H]1C[C@@H](C(=O)N2CCN(c3ccccc3C#N)CC2)N(Cc2ccccc2)C1. The molecule has 8 heteroatoms. The van der Waals surface area contributed by atoms with Crippen LogP contribution in [0.3, 0.4) is 0 Å². The van der Waals surface area contributed by atoms with Crippen LogP contribution >= 0.6 is 11.6 Å². The first-order valence-corrected chi connectivity index (χ1v) is 13.8. The molecule has 0 saturated carbocycles. The second-order valence-corrected chi connectivity index (χ2v) is 10.8. The highest BCUT2D eigenvalue weighted by atomic mass is 35.5. The van der Waals surface area contributed by atoms with Crippen molar-refractivity contribution >= 4 is 23.2 Å². The number of carbonyl (C=O) groups excluding carboxylic acids is 1. The van der Waals surface area contributed by atoms with Crippen molar-refractivity contribution in [1.29, 1.82) is 5.26 Å². The first kappa shape index (κ1) is 27.1. The van der Waals surface area contributed by atoms with Crippen LogP contribution in [0.1, 0.15) is 23.1 Å². The van der Waals surface area contributed by atoms with Crippen LogP contribution in [-0.4, -0.2) is 72.5 Å². The smallest absolute Gasteiger partial charge is 0.240 e. The average molecular weight is 546 g/mol. The number of rotatable bonds is 7. The summed E-state index contributed by atoms with van der Waals surface area (Å²) in [7, 11) is 2.06. The van der Waals surface area contributed by atoms with Gasteiger partial charge in [0.05, 0.1) is 22.3 Å². The predicted molar refractivity (Wildman–Crippen MR) is 152 cm³/mol. The van der Waals surface area contributed by atoms with Crippen LogP contribution in [0.4, 0.5) is 10.1 Å². The third kappa shape index (κ3) is 6.25. The summed E-state index contributed by atoms with van der Waals surface area (Å²) < 4.78 is 13.7. The van der Waals surface area contributed by atoms with Crippen LogP contribution in [0.15, 0.2) is 72.8 Å². The standard InChI is InChI=1S/C31H33ClFN5O/c1-35(20-24-11-12-28(33)27(32)17-24)26-18-30(38(22-26)21-23-7-3-2-4-8-23)31(39)37-15-13-36(14-16-37)29-10-6-5-9-25(29)19-34/h2-12,17,26,30H,13-16,18,20-22H2,1H3/t26-,30-/m0/s1. The molecule has 0 aromatic heterocycles. The lowest BCUT2D eigenvalue weighted by molar-refractivity contribution is -0.136. The first-order chi connectivity index (χ1) is 18.9. The number of nitriles is 1. The van der Waals surface area contributed by atoms with E-state index in [1.165, 1.54) is 11.6 Å². The molecular weight excluding hydrogens is 513 g/mol. The fraction of sp³-hybridized carbons (Fsp3) is 0.355. The molecule has 2 heterocycles. The van der Waals surface area contributed by atoms with Crippen LogP contribution < -0.4 is 4.90 Å². The van der Waals surface area contributed by atoms with Gasteiger partial charge >= 0.3 is 0 Å². The van der Waals surface area contributed by atoms with Gasteiger partial charge in [-0.1, -0.05) is 60.1 Å². The fourth-order valence-electron chi connectivity index (χ4n) is 5.73. The zero-order valence-corrected chi connectivity index (χ0v) is 22.9. The molecule has 3 aromatic carbocycles. The number of nitrogens with zero attached hydrogens (tertiary/aromatic N) is 5. The van der Waals surface area contributed by atoms with Gasteiger partial charge in [0.15, 0.2) is 0 Å². The highest BCUT2D eigenvalue weighted by molar-refractivity contribution is 6.30. The van der Waals surface area contributed by atoms with Crippen LogP contribution in [0.5, 0.6) is 0 Å². The van der Waals surface area contributed by atoms with E-state index in [1.807, 2.05) is 47.4 Å². The maximum atomic E-state index is 13.9. The molecule has 1 amide bonds. The van der Waals surface area contributed by atoms with E-state index >= 15 is 0 Å². The summed E-state index contributed by atoms with van der Waals surface area (Å²) in [4.78, 5) is 22.6. The van der Waals surface area contributed by atoms with Gasteiger partial charge < -0.3 is 9.80 Å². The summed E-state index contributed by atoms with van der Waals surface area (Å²) in [6.45, 7) is 4.76. The Morgan fingerprint density at radius 3 is 2.46 bits per heavy atom. The number of hydrogen-bond acceptors (Lipinski definition) is 5. The number of anilines is 1. The number of halogens is 2. The molecule has 0 unspecified atom stereocenters. The second-order valence-electron chi connectivity index (χ2n) is 10.4. The lowest BCUT2D eigenvalue weighted by Gasteiger charge is -2.38. The van der Waals surface area contributed by atoms with Crippen LogP contribution in [-0.2, 0) is 17.9 Å². The molecular formula is C31H33ClFN5O. The Balaban J connectivity index is 1.28. The van der Waals surface area contributed by atoms with Crippen molar-refractivity contribution in [2.24, 2.45) is 0 Å². The van der Waals surface area contributed by atoms with Crippen molar-refractivity contribution in [1.82, 2.24) is 14.7 Å². The van der Waals surface area contributed by atoms with Gasteiger partial charge in [-0.2, -0.15) is 5.26 Å². The van der Waals surface area contributed by atoms with Crippen LogP contribution in [0, 0.1) is 17.1 Å². The molecule has 6 nitrogen and oxygen atoms in total. The molecule has 0 aliphatic carbocycles. The van der Waals surface area contributed by atoms with Crippen LogP contribution in [0.25, 0.3) is 0 Å². The summed E-state index contributed by atoms with van der Waals surface area (Å²) in [6.07, 6.45) is 0.731. The lowest BCUT2D eigenvalue weighted by Crippen LogP contribution is -2.53. The van der Waals surface area contributed by atoms with Crippen molar-refractivity contribution in [3.05, 3.63) is 100 Å². The summed E-state index contributed by atoms with van der Waals surface area (Å²) in [5.74, 6) is -0.250. The minimum Gasteiger partial charge on any atom is -0.367 e. The Bertz CT molecular complexity index is 1340. The summed E-state index contributed by atoms with van der Waals surface area (Å²) >= 11 is 6.02. The zero-order chi connectivity index (χ0) is 27.4. The van der Waals surface area contributed by atoms with E-state index in [9.17, 15) is 14.4 Å². The Morgan fingerprint density at radius 2 is 1.74 bits per heavy atom. The molecule has 0 radical (unpaired) electrons. The molecule has 2 fully saturated rings. The molecule has 202 valence electrons. The van der Waals surface area contributed by atoms with Crippen molar-refractivity contribution in [2.75, 3.05) is 44.7 Å².